The van der Waals surface area contributed by atoms with E-state index in [9.17, 15) is 9.90 Å². The summed E-state index contributed by atoms with van der Waals surface area (Å²) in [5, 5.41) is 12.8. The van der Waals surface area contributed by atoms with Crippen LogP contribution in [0.3, 0.4) is 0 Å². The van der Waals surface area contributed by atoms with Crippen molar-refractivity contribution < 1.29 is 14.6 Å². The lowest BCUT2D eigenvalue weighted by Gasteiger charge is -2.36. The van der Waals surface area contributed by atoms with Crippen molar-refractivity contribution in [2.45, 2.75) is 78.4 Å². The number of carbonyl (C=O) groups excluding carboxylic acids is 1. The van der Waals surface area contributed by atoms with Gasteiger partial charge in [0.1, 0.15) is 5.60 Å². The second-order valence-electron chi connectivity index (χ2n) is 8.57. The van der Waals surface area contributed by atoms with Crippen molar-refractivity contribution in [1.82, 2.24) is 5.32 Å². The van der Waals surface area contributed by atoms with Crippen LogP contribution in [0.15, 0.2) is 0 Å². The Hall–Kier alpha value is -0.770. The molecule has 0 aromatic rings. The van der Waals surface area contributed by atoms with Crippen molar-refractivity contribution in [2.24, 2.45) is 16.7 Å². The van der Waals surface area contributed by atoms with Crippen LogP contribution >= 0.6 is 0 Å². The number of nitrogens with one attached hydrogen (secondary N) is 1. The first-order valence-corrected chi connectivity index (χ1v) is 8.20. The third-order valence-corrected chi connectivity index (χ3v) is 5.49. The van der Waals surface area contributed by atoms with Crippen LogP contribution in [0.25, 0.3) is 0 Å². The van der Waals surface area contributed by atoms with Gasteiger partial charge in [-0.2, -0.15) is 0 Å². The molecule has 2 fully saturated rings. The van der Waals surface area contributed by atoms with Crippen molar-refractivity contribution in [1.29, 1.82) is 0 Å². The van der Waals surface area contributed by atoms with E-state index in [4.69, 9.17) is 4.74 Å². The third kappa shape index (κ3) is 3.53. The molecule has 0 radical (unpaired) electrons. The molecule has 0 aliphatic heterocycles. The second kappa shape index (κ2) is 5.45. The van der Waals surface area contributed by atoms with E-state index in [0.717, 1.165) is 32.1 Å². The molecule has 2 aliphatic rings. The largest absolute Gasteiger partial charge is 0.444 e. The van der Waals surface area contributed by atoms with Gasteiger partial charge in [0.25, 0.3) is 0 Å². The zero-order valence-electron chi connectivity index (χ0n) is 14.2. The molecule has 122 valence electrons. The van der Waals surface area contributed by atoms with Crippen molar-refractivity contribution in [3.05, 3.63) is 0 Å². The van der Waals surface area contributed by atoms with Gasteiger partial charge in [0.15, 0.2) is 0 Å². The highest BCUT2D eigenvalue weighted by molar-refractivity contribution is 5.68. The number of aliphatic hydroxyl groups is 1. The van der Waals surface area contributed by atoms with Gasteiger partial charge in [0.05, 0.1) is 0 Å². The number of hydrogen-bond donors (Lipinski definition) is 2. The number of ether oxygens (including phenoxy) is 1. The summed E-state index contributed by atoms with van der Waals surface area (Å²) < 4.78 is 5.31. The normalized spacial score (nSPS) is 35.1. The molecule has 2 aliphatic carbocycles. The molecule has 1 unspecified atom stereocenters. The van der Waals surface area contributed by atoms with Crippen LogP contribution in [-0.4, -0.2) is 29.4 Å². The molecule has 0 aromatic heterocycles. The molecule has 21 heavy (non-hydrogen) atoms. The lowest BCUT2D eigenvalue weighted by atomic mass is 9.73. The van der Waals surface area contributed by atoms with E-state index in [1.807, 2.05) is 20.8 Å². The Morgan fingerprint density at radius 1 is 1.24 bits per heavy atom. The molecule has 0 saturated heterocycles. The van der Waals surface area contributed by atoms with Crippen LogP contribution in [0.2, 0.25) is 0 Å². The Balaban J connectivity index is 1.80. The van der Waals surface area contributed by atoms with Crippen molar-refractivity contribution in [3.8, 4) is 0 Å². The average Bonchev–Trinajstić information content (AvgIpc) is 2.91. The molecule has 0 aromatic carbocycles. The van der Waals surface area contributed by atoms with Crippen LogP contribution in [0.4, 0.5) is 4.79 Å². The van der Waals surface area contributed by atoms with Gasteiger partial charge in [0, 0.05) is 18.1 Å². The first-order chi connectivity index (χ1) is 9.60. The fraction of sp³-hybridized carbons (Fsp3) is 0.941. The van der Waals surface area contributed by atoms with Gasteiger partial charge in [0.2, 0.25) is 0 Å². The minimum absolute atomic E-state index is 0.129. The summed E-state index contributed by atoms with van der Waals surface area (Å²) >= 11 is 0. The fourth-order valence-corrected chi connectivity index (χ4v) is 4.10. The van der Waals surface area contributed by atoms with Gasteiger partial charge in [-0.15, -0.1) is 0 Å². The number of aliphatic hydroxyl groups excluding tert-OH is 1. The Morgan fingerprint density at radius 2 is 1.76 bits per heavy atom. The van der Waals surface area contributed by atoms with Gasteiger partial charge in [-0.25, -0.2) is 4.79 Å². The predicted molar refractivity (Wildman–Crippen MR) is 83.0 cm³/mol. The molecular formula is C17H31NO3. The van der Waals surface area contributed by atoms with Crippen LogP contribution < -0.4 is 5.32 Å². The molecule has 1 amide bonds. The molecule has 2 saturated carbocycles. The molecule has 0 spiro atoms. The summed E-state index contributed by atoms with van der Waals surface area (Å²) in [7, 11) is 0. The minimum atomic E-state index is -0.444. The summed E-state index contributed by atoms with van der Waals surface area (Å²) in [6.45, 7) is 10.5. The number of hydrogen-bond acceptors (Lipinski definition) is 3. The molecular weight excluding hydrogens is 266 g/mol. The zero-order valence-corrected chi connectivity index (χ0v) is 14.2. The second-order valence-corrected chi connectivity index (χ2v) is 8.57. The van der Waals surface area contributed by atoms with Crippen molar-refractivity contribution in [2.75, 3.05) is 6.61 Å². The monoisotopic (exact) mass is 297 g/mol. The van der Waals surface area contributed by atoms with E-state index in [1.165, 1.54) is 0 Å². The molecule has 1 atom stereocenters. The Kier molecular flexibility index (Phi) is 4.31. The highest BCUT2D eigenvalue weighted by Gasteiger charge is 2.64. The van der Waals surface area contributed by atoms with Crippen molar-refractivity contribution >= 4 is 6.09 Å². The maximum absolute atomic E-state index is 11.8. The minimum Gasteiger partial charge on any atom is -0.444 e. The van der Waals surface area contributed by atoms with Crippen molar-refractivity contribution in [3.63, 3.8) is 0 Å². The molecule has 0 bridgehead atoms. The van der Waals surface area contributed by atoms with E-state index < -0.39 is 5.60 Å². The molecule has 4 heteroatoms. The number of rotatable bonds is 3. The van der Waals surface area contributed by atoms with E-state index in [0.29, 0.717) is 12.5 Å². The maximum atomic E-state index is 11.8. The SMILES string of the molecule is CC(C)(C)OC(=O)NC1CCC(C2(CO)CC2(C)C)CC1. The van der Waals surface area contributed by atoms with Gasteiger partial charge >= 0.3 is 6.09 Å². The standard InChI is InChI=1S/C17H31NO3/c1-15(2,3)21-14(20)18-13-8-6-12(7-9-13)17(11-19)10-16(17,4)5/h12-13,19H,6-11H2,1-5H3,(H,18,20). The Morgan fingerprint density at radius 3 is 2.14 bits per heavy atom. The number of alkyl carbamates (subject to hydrolysis) is 1. The summed E-state index contributed by atoms with van der Waals surface area (Å²) in [6.07, 6.45) is 4.97. The van der Waals surface area contributed by atoms with E-state index in [2.05, 4.69) is 19.2 Å². The fourth-order valence-electron chi connectivity index (χ4n) is 4.10. The van der Waals surface area contributed by atoms with Crippen LogP contribution in [0, 0.1) is 16.7 Å². The molecule has 2 rings (SSSR count). The highest BCUT2D eigenvalue weighted by Crippen LogP contribution is 2.69. The highest BCUT2D eigenvalue weighted by atomic mass is 16.6. The molecule has 2 N–H and O–H groups in total. The zero-order chi connectivity index (χ0) is 15.9. The molecule has 0 heterocycles. The third-order valence-electron chi connectivity index (χ3n) is 5.49. The van der Waals surface area contributed by atoms with Crippen LogP contribution in [0.5, 0.6) is 0 Å². The maximum Gasteiger partial charge on any atom is 0.407 e. The van der Waals surface area contributed by atoms with Crippen LogP contribution in [0.1, 0.15) is 66.7 Å². The quantitative estimate of drug-likeness (QED) is 0.838. The van der Waals surface area contributed by atoms with E-state index in [1.54, 1.807) is 0 Å². The van der Waals surface area contributed by atoms with Crippen LogP contribution in [-0.2, 0) is 4.74 Å². The summed E-state index contributed by atoms with van der Waals surface area (Å²) in [5.41, 5.74) is -0.0397. The average molecular weight is 297 g/mol. The summed E-state index contributed by atoms with van der Waals surface area (Å²) in [4.78, 5) is 11.8. The smallest absolute Gasteiger partial charge is 0.407 e. The Bertz CT molecular complexity index is 391. The molecule has 4 nitrogen and oxygen atoms in total. The van der Waals surface area contributed by atoms with Gasteiger partial charge in [-0.05, 0) is 64.2 Å². The predicted octanol–water partition coefficient (Wildman–Crippen LogP) is 3.48. The lowest BCUT2D eigenvalue weighted by Crippen LogP contribution is -2.42. The number of amides is 1. The first kappa shape index (κ1) is 16.6. The van der Waals surface area contributed by atoms with E-state index >= 15 is 0 Å². The van der Waals surface area contributed by atoms with Gasteiger partial charge in [-0.1, -0.05) is 13.8 Å². The first-order valence-electron chi connectivity index (χ1n) is 8.20. The van der Waals surface area contributed by atoms with E-state index in [-0.39, 0.29) is 23.0 Å². The van der Waals surface area contributed by atoms with Gasteiger partial charge < -0.3 is 15.2 Å². The Labute approximate surface area is 128 Å². The summed E-state index contributed by atoms with van der Waals surface area (Å²) in [5.74, 6) is 0.592. The summed E-state index contributed by atoms with van der Waals surface area (Å²) in [6, 6.07) is 0.216. The number of carbonyl (C=O) groups is 1. The topological polar surface area (TPSA) is 58.6 Å². The van der Waals surface area contributed by atoms with Gasteiger partial charge in [-0.3, -0.25) is 0 Å². The lowest BCUT2D eigenvalue weighted by molar-refractivity contribution is 0.0456.